The van der Waals surface area contributed by atoms with E-state index in [-0.39, 0.29) is 31.5 Å². The number of aromatic nitrogens is 2. The molecule has 0 radical (unpaired) electrons. The number of amides is 1. The van der Waals surface area contributed by atoms with Crippen LogP contribution in [-0.2, 0) is 11.3 Å². The van der Waals surface area contributed by atoms with E-state index >= 15 is 0 Å². The van der Waals surface area contributed by atoms with Crippen LogP contribution in [0.4, 0.5) is 13.2 Å². The van der Waals surface area contributed by atoms with Crippen molar-refractivity contribution in [3.8, 4) is 0 Å². The number of nitrogens with one attached hydrogen (secondary N) is 1. The Morgan fingerprint density at radius 3 is 2.36 bits per heavy atom. The molecule has 25 heavy (non-hydrogen) atoms. The minimum Gasteiger partial charge on any atom is -0.481 e. The lowest BCUT2D eigenvalue weighted by atomic mass is 10.2. The van der Waals surface area contributed by atoms with Gasteiger partial charge in [-0.25, -0.2) is 0 Å². The van der Waals surface area contributed by atoms with Gasteiger partial charge in [0.05, 0.1) is 12.2 Å². The fourth-order valence-electron chi connectivity index (χ4n) is 1.21. The number of alkyl halides is 3. The summed E-state index contributed by atoms with van der Waals surface area (Å²) in [6, 6.07) is 1.23. The third-order valence-corrected chi connectivity index (χ3v) is 2.72. The minimum atomic E-state index is -4.19. The van der Waals surface area contributed by atoms with Gasteiger partial charge < -0.3 is 15.5 Å². The number of carboxylic acids is 1. The number of carboxylic acid groups (broad SMARTS) is 1. The third kappa shape index (κ3) is 10.1. The fraction of sp³-hybridized carbons (Fsp3) is 0.467. The Kier molecular flexibility index (Phi) is 9.36. The highest BCUT2D eigenvalue weighted by molar-refractivity contribution is 5.93. The highest BCUT2D eigenvalue weighted by Crippen LogP contribution is 2.22. The normalized spacial score (nSPS) is 11.8. The Hall–Kier alpha value is -2.49. The molecular formula is C15H21F3N3O4+. The highest BCUT2D eigenvalue weighted by atomic mass is 19.4. The number of aryl methyl sites for hydroxylation is 1. The van der Waals surface area contributed by atoms with Crippen LogP contribution in [0.2, 0.25) is 0 Å². The number of halogens is 3. The molecule has 1 amide bonds. The van der Waals surface area contributed by atoms with Crippen LogP contribution in [0, 0.1) is 0 Å². The van der Waals surface area contributed by atoms with Crippen molar-refractivity contribution in [3.05, 3.63) is 36.2 Å². The van der Waals surface area contributed by atoms with Gasteiger partial charge in [0.2, 0.25) is 0 Å². The molecule has 0 aliphatic carbocycles. The molecule has 7 nitrogen and oxygen atoms in total. The van der Waals surface area contributed by atoms with Crippen LogP contribution in [0.5, 0.6) is 0 Å². The number of allylic oxidation sites excluding steroid dienone is 1. The lowest BCUT2D eigenvalue weighted by Gasteiger charge is -2.09. The maximum atomic E-state index is 11.6. The molecule has 1 atom stereocenters. The molecule has 1 unspecified atom stereocenters. The van der Waals surface area contributed by atoms with Gasteiger partial charge in [-0.05, 0) is 18.9 Å². The lowest BCUT2D eigenvalue weighted by molar-refractivity contribution is -0.753. The number of aliphatic hydroxyl groups excluding tert-OH is 1. The van der Waals surface area contributed by atoms with Gasteiger partial charge >= 0.3 is 12.1 Å². The van der Waals surface area contributed by atoms with Gasteiger partial charge in [-0.2, -0.15) is 13.2 Å². The van der Waals surface area contributed by atoms with Crippen LogP contribution in [0.1, 0.15) is 30.6 Å². The molecule has 140 valence electrons. The Bertz CT molecular complexity index is 589. The Balaban J connectivity index is 0.000000697. The van der Waals surface area contributed by atoms with E-state index in [1.807, 2.05) is 0 Å². The van der Waals surface area contributed by atoms with Crippen LogP contribution in [0.25, 0.3) is 0 Å². The quantitative estimate of drug-likeness (QED) is 0.518. The number of carbonyl (C=O) groups excluding carboxylic acids is 1. The van der Waals surface area contributed by atoms with Gasteiger partial charge in [0, 0.05) is 17.7 Å². The zero-order valence-electron chi connectivity index (χ0n) is 13.9. The van der Waals surface area contributed by atoms with Gasteiger partial charge in [0.15, 0.2) is 12.7 Å². The van der Waals surface area contributed by atoms with Crippen molar-refractivity contribution in [1.82, 2.24) is 10.4 Å². The predicted molar refractivity (Wildman–Crippen MR) is 81.6 cm³/mol. The van der Waals surface area contributed by atoms with Gasteiger partial charge in [-0.3, -0.25) is 9.59 Å². The number of hydrogen-bond donors (Lipinski definition) is 3. The van der Waals surface area contributed by atoms with Crippen LogP contribution < -0.4 is 10.00 Å². The average Bonchev–Trinajstić information content (AvgIpc) is 2.52. The highest BCUT2D eigenvalue weighted by Gasteiger charge is 2.27. The number of hydrogen-bond acceptors (Lipinski definition) is 4. The van der Waals surface area contributed by atoms with Crippen LogP contribution in [0.15, 0.2) is 30.6 Å². The second-order valence-electron chi connectivity index (χ2n) is 5.16. The molecule has 3 N–H and O–H groups in total. The van der Waals surface area contributed by atoms with Gasteiger partial charge in [0.25, 0.3) is 5.91 Å². The molecule has 0 fully saturated rings. The molecule has 1 aromatic rings. The van der Waals surface area contributed by atoms with E-state index in [4.69, 9.17) is 10.2 Å². The molecule has 0 saturated carbocycles. The first kappa shape index (κ1) is 22.5. The first-order chi connectivity index (χ1) is 11.5. The summed E-state index contributed by atoms with van der Waals surface area (Å²) in [7, 11) is 0. The van der Waals surface area contributed by atoms with Gasteiger partial charge in [-0.1, -0.05) is 11.3 Å². The largest absolute Gasteiger partial charge is 0.481 e. The fourth-order valence-corrected chi connectivity index (χ4v) is 1.21. The molecular weight excluding hydrogens is 343 g/mol. The van der Waals surface area contributed by atoms with Gasteiger partial charge in [-0.15, -0.1) is 0 Å². The van der Waals surface area contributed by atoms with Crippen LogP contribution in [0.3, 0.4) is 0 Å². The zero-order chi connectivity index (χ0) is 19.6. The van der Waals surface area contributed by atoms with Crippen LogP contribution in [-0.4, -0.2) is 46.0 Å². The van der Waals surface area contributed by atoms with Crippen molar-refractivity contribution in [2.24, 2.45) is 0 Å². The number of carbonyl (C=O) groups is 2. The molecule has 1 aromatic heterocycles. The lowest BCUT2D eigenvalue weighted by Crippen LogP contribution is -2.40. The summed E-state index contributed by atoms with van der Waals surface area (Å²) in [5, 5.41) is 23.8. The standard InChI is InChI=1S/C11H15N3O4.C4H5F3/c1-8(7-15)13-11(18)9-2-4-14(12-6-9)5-3-10(16)17;1-3(2)4(5,6)7/h2,4,6,8,15H,3,5,7H2,1H3,(H-,13,16,17,18);1H2,2H3/p+1. The summed E-state index contributed by atoms with van der Waals surface area (Å²) in [6.45, 7) is 5.43. The van der Waals surface area contributed by atoms with Crippen molar-refractivity contribution < 1.29 is 37.7 Å². The second kappa shape index (κ2) is 10.4. The summed E-state index contributed by atoms with van der Waals surface area (Å²) in [5.74, 6) is -1.22. The first-order valence-electron chi connectivity index (χ1n) is 7.19. The Labute approximate surface area is 142 Å². The van der Waals surface area contributed by atoms with Crippen molar-refractivity contribution >= 4 is 11.9 Å². The summed E-state index contributed by atoms with van der Waals surface area (Å²) in [4.78, 5) is 22.0. The molecule has 10 heteroatoms. The molecule has 1 heterocycles. The predicted octanol–water partition coefficient (Wildman–Crippen LogP) is 1.08. The summed E-state index contributed by atoms with van der Waals surface area (Å²) in [6.07, 6.45) is -1.31. The molecule has 0 bridgehead atoms. The summed E-state index contributed by atoms with van der Waals surface area (Å²) >= 11 is 0. The molecule has 0 aliphatic rings. The molecule has 0 saturated heterocycles. The summed E-state index contributed by atoms with van der Waals surface area (Å²) < 4.78 is 34.7. The average molecular weight is 364 g/mol. The minimum absolute atomic E-state index is 0.0231. The number of aliphatic carboxylic acids is 1. The van der Waals surface area contributed by atoms with Crippen molar-refractivity contribution in [2.45, 2.75) is 39.0 Å². The van der Waals surface area contributed by atoms with Gasteiger partial charge in [0.1, 0.15) is 12.6 Å². The van der Waals surface area contributed by atoms with Crippen molar-refractivity contribution in [1.29, 1.82) is 0 Å². The van der Waals surface area contributed by atoms with E-state index in [2.05, 4.69) is 17.0 Å². The van der Waals surface area contributed by atoms with E-state index in [0.29, 0.717) is 5.56 Å². The molecule has 1 rings (SSSR count). The maximum Gasteiger partial charge on any atom is 0.411 e. The van der Waals surface area contributed by atoms with Crippen molar-refractivity contribution in [3.63, 3.8) is 0 Å². The topological polar surface area (TPSA) is 103 Å². The number of nitrogens with zero attached hydrogens (tertiary/aromatic N) is 2. The summed E-state index contributed by atoms with van der Waals surface area (Å²) in [5.41, 5.74) is -0.394. The third-order valence-electron chi connectivity index (χ3n) is 2.72. The van der Waals surface area contributed by atoms with E-state index in [9.17, 15) is 22.8 Å². The van der Waals surface area contributed by atoms with E-state index < -0.39 is 17.7 Å². The zero-order valence-corrected chi connectivity index (χ0v) is 13.9. The van der Waals surface area contributed by atoms with Crippen LogP contribution >= 0.6 is 0 Å². The number of aliphatic hydroxyl groups is 1. The molecule has 0 aliphatic heterocycles. The van der Waals surface area contributed by atoms with E-state index in [1.54, 1.807) is 19.2 Å². The van der Waals surface area contributed by atoms with Crippen molar-refractivity contribution in [2.75, 3.05) is 6.61 Å². The first-order valence-corrected chi connectivity index (χ1v) is 7.19. The molecule has 0 spiro atoms. The maximum absolute atomic E-state index is 11.6. The monoisotopic (exact) mass is 364 g/mol. The smallest absolute Gasteiger partial charge is 0.411 e. The SMILES string of the molecule is C=C(C)C(F)(F)F.CC(CO)NC(=O)c1cc[n+](CCC(=O)O)nc1. The second-order valence-corrected chi connectivity index (χ2v) is 5.16. The number of rotatable bonds is 6. The Morgan fingerprint density at radius 2 is 2.00 bits per heavy atom. The van der Waals surface area contributed by atoms with E-state index in [0.717, 1.165) is 6.92 Å². The Morgan fingerprint density at radius 1 is 1.44 bits per heavy atom. The molecule has 0 aromatic carbocycles. The van der Waals surface area contributed by atoms with E-state index in [1.165, 1.54) is 10.9 Å².